The van der Waals surface area contributed by atoms with Crippen LogP contribution in [0.5, 0.6) is 0 Å². The standard InChI is InChI=1S/C14H8ClNO3/c15-7-4-5-8-11(6-7)16-12-9(13(8)17)2-1-3-10(12)14(18)19/h1-6H,(H,16,17)(H,18,19). The molecule has 0 aliphatic heterocycles. The van der Waals surface area contributed by atoms with E-state index in [0.717, 1.165) is 0 Å². The number of aromatic amines is 1. The van der Waals surface area contributed by atoms with E-state index in [2.05, 4.69) is 4.98 Å². The highest BCUT2D eigenvalue weighted by Crippen LogP contribution is 2.20. The number of fused-ring (bicyclic) bond motifs is 2. The number of pyridine rings is 1. The molecule has 19 heavy (non-hydrogen) atoms. The Kier molecular flexibility index (Phi) is 2.54. The van der Waals surface area contributed by atoms with Crippen LogP contribution in [0.4, 0.5) is 0 Å². The molecule has 3 aromatic rings. The lowest BCUT2D eigenvalue weighted by atomic mass is 10.1. The van der Waals surface area contributed by atoms with E-state index in [4.69, 9.17) is 16.7 Å². The molecule has 0 atom stereocenters. The van der Waals surface area contributed by atoms with Crippen molar-refractivity contribution >= 4 is 39.4 Å². The van der Waals surface area contributed by atoms with Crippen molar-refractivity contribution in [2.24, 2.45) is 0 Å². The van der Waals surface area contributed by atoms with Gasteiger partial charge in [0, 0.05) is 15.8 Å². The summed E-state index contributed by atoms with van der Waals surface area (Å²) in [5, 5.41) is 10.5. The van der Waals surface area contributed by atoms with Crippen LogP contribution < -0.4 is 5.43 Å². The maximum atomic E-state index is 12.3. The van der Waals surface area contributed by atoms with Gasteiger partial charge in [-0.1, -0.05) is 17.7 Å². The van der Waals surface area contributed by atoms with Gasteiger partial charge in [-0.05, 0) is 30.3 Å². The van der Waals surface area contributed by atoms with Gasteiger partial charge in [-0.25, -0.2) is 4.79 Å². The normalized spacial score (nSPS) is 11.0. The third-order valence-corrected chi connectivity index (χ3v) is 3.26. The molecule has 4 nitrogen and oxygen atoms in total. The number of benzene rings is 2. The predicted molar refractivity (Wildman–Crippen MR) is 74.0 cm³/mol. The molecular weight excluding hydrogens is 266 g/mol. The fourth-order valence-electron chi connectivity index (χ4n) is 2.15. The molecule has 0 saturated carbocycles. The molecule has 1 aromatic heterocycles. The number of carboxylic acid groups (broad SMARTS) is 1. The average molecular weight is 274 g/mol. The third-order valence-electron chi connectivity index (χ3n) is 3.03. The molecule has 0 bridgehead atoms. The molecule has 1 heterocycles. The molecule has 0 unspecified atom stereocenters. The zero-order valence-electron chi connectivity index (χ0n) is 9.61. The van der Waals surface area contributed by atoms with Gasteiger partial charge in [0.1, 0.15) is 0 Å². The number of H-pyrrole nitrogens is 1. The number of hydrogen-bond acceptors (Lipinski definition) is 2. The summed E-state index contributed by atoms with van der Waals surface area (Å²) in [6.07, 6.45) is 0. The highest BCUT2D eigenvalue weighted by atomic mass is 35.5. The van der Waals surface area contributed by atoms with Gasteiger partial charge >= 0.3 is 5.97 Å². The summed E-state index contributed by atoms with van der Waals surface area (Å²) in [5.41, 5.74) is 0.702. The highest BCUT2D eigenvalue weighted by Gasteiger charge is 2.12. The fourth-order valence-corrected chi connectivity index (χ4v) is 2.32. The van der Waals surface area contributed by atoms with Crippen molar-refractivity contribution in [3.63, 3.8) is 0 Å². The molecule has 5 heteroatoms. The Bertz CT molecular complexity index is 883. The number of nitrogens with one attached hydrogen (secondary N) is 1. The first-order valence-corrected chi connectivity index (χ1v) is 5.93. The molecule has 0 spiro atoms. The number of hydrogen-bond donors (Lipinski definition) is 2. The number of carbonyl (C=O) groups is 1. The summed E-state index contributed by atoms with van der Waals surface area (Å²) in [4.78, 5) is 26.5. The summed E-state index contributed by atoms with van der Waals surface area (Å²) in [7, 11) is 0. The number of aromatic nitrogens is 1. The summed E-state index contributed by atoms with van der Waals surface area (Å²) in [6, 6.07) is 9.49. The van der Waals surface area contributed by atoms with Crippen LogP contribution in [0.2, 0.25) is 5.02 Å². The van der Waals surface area contributed by atoms with E-state index in [1.807, 2.05) is 0 Å². The molecule has 0 saturated heterocycles. The first-order chi connectivity index (χ1) is 9.08. The molecule has 0 radical (unpaired) electrons. The zero-order chi connectivity index (χ0) is 13.6. The Labute approximate surface area is 112 Å². The number of carboxylic acids is 1. The van der Waals surface area contributed by atoms with Crippen LogP contribution in [-0.4, -0.2) is 16.1 Å². The lowest BCUT2D eigenvalue weighted by Gasteiger charge is -2.05. The lowest BCUT2D eigenvalue weighted by Crippen LogP contribution is -2.07. The van der Waals surface area contributed by atoms with E-state index in [0.29, 0.717) is 26.8 Å². The number of rotatable bonds is 1. The van der Waals surface area contributed by atoms with Crippen LogP contribution in [0.3, 0.4) is 0 Å². The topological polar surface area (TPSA) is 70.2 Å². The van der Waals surface area contributed by atoms with E-state index < -0.39 is 5.97 Å². The van der Waals surface area contributed by atoms with Crippen molar-refractivity contribution in [2.45, 2.75) is 0 Å². The van der Waals surface area contributed by atoms with E-state index in [9.17, 15) is 9.59 Å². The van der Waals surface area contributed by atoms with Gasteiger partial charge in [-0.3, -0.25) is 4.79 Å². The molecule has 2 N–H and O–H groups in total. The van der Waals surface area contributed by atoms with E-state index in [1.54, 1.807) is 30.3 Å². The van der Waals surface area contributed by atoms with Crippen LogP contribution in [0.1, 0.15) is 10.4 Å². The van der Waals surface area contributed by atoms with Gasteiger partial charge in [-0.15, -0.1) is 0 Å². The largest absolute Gasteiger partial charge is 0.478 e. The molecular formula is C14H8ClNO3. The number of para-hydroxylation sites is 1. The quantitative estimate of drug-likeness (QED) is 0.670. The van der Waals surface area contributed by atoms with Gasteiger partial charge in [-0.2, -0.15) is 0 Å². The van der Waals surface area contributed by atoms with Gasteiger partial charge in [0.05, 0.1) is 16.6 Å². The minimum atomic E-state index is -1.08. The Morgan fingerprint density at radius 2 is 1.95 bits per heavy atom. The molecule has 0 amide bonds. The van der Waals surface area contributed by atoms with Crippen molar-refractivity contribution in [2.75, 3.05) is 0 Å². The summed E-state index contributed by atoms with van der Waals surface area (Å²) >= 11 is 5.89. The first kappa shape index (κ1) is 11.7. The van der Waals surface area contributed by atoms with E-state index in [-0.39, 0.29) is 11.0 Å². The molecule has 0 fully saturated rings. The summed E-state index contributed by atoms with van der Waals surface area (Å²) in [5.74, 6) is -1.08. The van der Waals surface area contributed by atoms with Crippen LogP contribution >= 0.6 is 11.6 Å². The molecule has 2 aromatic carbocycles. The second-order valence-corrected chi connectivity index (χ2v) is 4.61. The summed E-state index contributed by atoms with van der Waals surface area (Å²) in [6.45, 7) is 0. The smallest absolute Gasteiger partial charge is 0.337 e. The zero-order valence-corrected chi connectivity index (χ0v) is 10.4. The number of halogens is 1. The maximum Gasteiger partial charge on any atom is 0.337 e. The van der Waals surface area contributed by atoms with E-state index >= 15 is 0 Å². The Morgan fingerprint density at radius 1 is 1.16 bits per heavy atom. The van der Waals surface area contributed by atoms with Crippen molar-refractivity contribution in [3.05, 3.63) is 57.2 Å². The Balaban J connectivity index is 2.58. The predicted octanol–water partition coefficient (Wildman–Crippen LogP) is 3.03. The van der Waals surface area contributed by atoms with Crippen LogP contribution in [-0.2, 0) is 0 Å². The number of aromatic carboxylic acids is 1. The van der Waals surface area contributed by atoms with E-state index in [1.165, 1.54) is 6.07 Å². The van der Waals surface area contributed by atoms with Gasteiger partial charge in [0.2, 0.25) is 0 Å². The minimum absolute atomic E-state index is 0.0662. The second-order valence-electron chi connectivity index (χ2n) is 4.18. The summed E-state index contributed by atoms with van der Waals surface area (Å²) < 4.78 is 0. The van der Waals surface area contributed by atoms with Crippen molar-refractivity contribution in [1.29, 1.82) is 0 Å². The molecule has 0 aliphatic rings. The third kappa shape index (κ3) is 1.77. The average Bonchev–Trinajstić information content (AvgIpc) is 2.37. The second kappa shape index (κ2) is 4.10. The maximum absolute atomic E-state index is 12.3. The first-order valence-electron chi connectivity index (χ1n) is 5.55. The monoisotopic (exact) mass is 273 g/mol. The Hall–Kier alpha value is -2.33. The molecule has 0 aliphatic carbocycles. The van der Waals surface area contributed by atoms with Gasteiger partial charge in [0.25, 0.3) is 0 Å². The lowest BCUT2D eigenvalue weighted by molar-refractivity contribution is 0.0699. The van der Waals surface area contributed by atoms with Crippen LogP contribution in [0, 0.1) is 0 Å². The van der Waals surface area contributed by atoms with Crippen molar-refractivity contribution < 1.29 is 9.90 Å². The van der Waals surface area contributed by atoms with Crippen molar-refractivity contribution in [3.8, 4) is 0 Å². The SMILES string of the molecule is O=C(O)c1cccc2c(=O)c3ccc(Cl)cc3[nH]c12. The highest BCUT2D eigenvalue weighted by molar-refractivity contribution is 6.31. The fraction of sp³-hybridized carbons (Fsp3) is 0. The van der Waals surface area contributed by atoms with Crippen LogP contribution in [0.25, 0.3) is 21.8 Å². The van der Waals surface area contributed by atoms with Crippen molar-refractivity contribution in [1.82, 2.24) is 4.98 Å². The Morgan fingerprint density at radius 3 is 2.68 bits per heavy atom. The van der Waals surface area contributed by atoms with Gasteiger partial charge < -0.3 is 10.1 Å². The minimum Gasteiger partial charge on any atom is -0.478 e. The molecule has 94 valence electrons. The van der Waals surface area contributed by atoms with Crippen LogP contribution in [0.15, 0.2) is 41.2 Å². The molecule has 3 rings (SSSR count). The van der Waals surface area contributed by atoms with Gasteiger partial charge in [0.15, 0.2) is 5.43 Å².